The minimum Gasteiger partial charge on any atom is -0.382 e. The van der Waals surface area contributed by atoms with Gasteiger partial charge in [0.2, 0.25) is 0 Å². The molecular weight excluding hydrogens is 369 g/mol. The smallest absolute Gasteiger partial charge is 0.193 e. The summed E-state index contributed by atoms with van der Waals surface area (Å²) in [4.78, 5) is 6.85. The molecule has 0 aliphatic carbocycles. The summed E-state index contributed by atoms with van der Waals surface area (Å²) in [5.74, 6) is 1.63. The van der Waals surface area contributed by atoms with Crippen LogP contribution in [0.4, 0.5) is 0 Å². The molecule has 1 unspecified atom stereocenters. The van der Waals surface area contributed by atoms with Crippen molar-refractivity contribution in [2.24, 2.45) is 10.9 Å². The maximum absolute atomic E-state index is 5.42. The van der Waals surface area contributed by atoms with Crippen LogP contribution < -0.4 is 5.32 Å². The highest BCUT2D eigenvalue weighted by Gasteiger charge is 2.18. The molecule has 5 nitrogen and oxygen atoms in total. The van der Waals surface area contributed by atoms with Gasteiger partial charge in [0.25, 0.3) is 0 Å². The van der Waals surface area contributed by atoms with Gasteiger partial charge in [-0.2, -0.15) is 0 Å². The molecule has 6 heteroatoms. The second-order valence-corrected chi connectivity index (χ2v) is 4.90. The van der Waals surface area contributed by atoms with Gasteiger partial charge < -0.3 is 19.7 Å². The molecule has 1 heterocycles. The molecule has 0 saturated carbocycles. The molecule has 1 N–H and O–H groups in total. The van der Waals surface area contributed by atoms with Crippen LogP contribution in [0.2, 0.25) is 0 Å². The monoisotopic (exact) mass is 399 g/mol. The van der Waals surface area contributed by atoms with E-state index in [4.69, 9.17) is 9.47 Å². The minimum atomic E-state index is 0. The Morgan fingerprint density at radius 1 is 1.45 bits per heavy atom. The molecule has 1 aliphatic rings. The molecule has 0 aromatic rings. The van der Waals surface area contributed by atoms with E-state index < -0.39 is 0 Å². The first-order chi connectivity index (χ1) is 9.27. The highest BCUT2D eigenvalue weighted by Crippen LogP contribution is 2.13. The number of hydrogen-bond acceptors (Lipinski definition) is 3. The van der Waals surface area contributed by atoms with E-state index in [1.54, 1.807) is 0 Å². The number of aliphatic imine (C=N–C) groups is 1. The van der Waals surface area contributed by atoms with E-state index in [0.29, 0.717) is 5.92 Å². The van der Waals surface area contributed by atoms with Crippen molar-refractivity contribution >= 4 is 29.9 Å². The van der Waals surface area contributed by atoms with Gasteiger partial charge in [-0.1, -0.05) is 0 Å². The fraction of sp³-hybridized carbons (Fsp3) is 0.929. The molecule has 1 rings (SSSR count). The zero-order chi connectivity index (χ0) is 13.9. The number of ether oxygens (including phenoxy) is 2. The van der Waals surface area contributed by atoms with Crippen molar-refractivity contribution in [3.8, 4) is 0 Å². The molecule has 1 fully saturated rings. The molecular formula is C14H30IN3O2. The van der Waals surface area contributed by atoms with Crippen LogP contribution in [0.25, 0.3) is 0 Å². The van der Waals surface area contributed by atoms with E-state index in [9.17, 15) is 0 Å². The van der Waals surface area contributed by atoms with Crippen LogP contribution in [0.5, 0.6) is 0 Å². The topological polar surface area (TPSA) is 46.1 Å². The number of guanidine groups is 1. The van der Waals surface area contributed by atoms with Gasteiger partial charge in [0.05, 0.1) is 6.61 Å². The van der Waals surface area contributed by atoms with Crippen LogP contribution in [-0.4, -0.2) is 64.0 Å². The molecule has 0 spiro atoms. The summed E-state index contributed by atoms with van der Waals surface area (Å²) in [5.41, 5.74) is 0. The average Bonchev–Trinajstić information content (AvgIpc) is 2.90. The first-order valence-electron chi connectivity index (χ1n) is 7.42. The maximum Gasteiger partial charge on any atom is 0.193 e. The fourth-order valence-electron chi connectivity index (χ4n) is 2.17. The van der Waals surface area contributed by atoms with Crippen molar-refractivity contribution in [3.05, 3.63) is 0 Å². The zero-order valence-electron chi connectivity index (χ0n) is 13.1. The molecule has 0 radical (unpaired) electrons. The molecule has 0 aromatic heterocycles. The predicted octanol–water partition coefficient (Wildman–Crippen LogP) is 1.96. The van der Waals surface area contributed by atoms with Crippen LogP contribution in [0.3, 0.4) is 0 Å². The molecule has 0 aromatic carbocycles. The van der Waals surface area contributed by atoms with Gasteiger partial charge in [-0.3, -0.25) is 4.99 Å². The Hall–Kier alpha value is -0.0800. The lowest BCUT2D eigenvalue weighted by Crippen LogP contribution is -2.41. The lowest BCUT2D eigenvalue weighted by Gasteiger charge is -2.24. The molecule has 1 atom stereocenters. The predicted molar refractivity (Wildman–Crippen MR) is 94.1 cm³/mol. The number of halogens is 1. The fourth-order valence-corrected chi connectivity index (χ4v) is 2.17. The highest BCUT2D eigenvalue weighted by atomic mass is 127. The Morgan fingerprint density at radius 2 is 2.25 bits per heavy atom. The number of hydrogen-bond donors (Lipinski definition) is 1. The van der Waals surface area contributed by atoms with Crippen LogP contribution in [0, 0.1) is 5.92 Å². The Balaban J connectivity index is 0.00000361. The quantitative estimate of drug-likeness (QED) is 0.294. The maximum atomic E-state index is 5.42. The van der Waals surface area contributed by atoms with Crippen LogP contribution in [-0.2, 0) is 9.47 Å². The van der Waals surface area contributed by atoms with Gasteiger partial charge in [0, 0.05) is 52.4 Å². The van der Waals surface area contributed by atoms with Gasteiger partial charge in [0.15, 0.2) is 5.96 Å². The average molecular weight is 399 g/mol. The summed E-state index contributed by atoms with van der Waals surface area (Å²) >= 11 is 0. The first kappa shape index (κ1) is 19.9. The summed E-state index contributed by atoms with van der Waals surface area (Å²) in [6, 6.07) is 0. The van der Waals surface area contributed by atoms with E-state index in [0.717, 1.165) is 64.9 Å². The highest BCUT2D eigenvalue weighted by molar-refractivity contribution is 14.0. The van der Waals surface area contributed by atoms with E-state index in [1.807, 2.05) is 6.92 Å². The van der Waals surface area contributed by atoms with E-state index in [-0.39, 0.29) is 24.0 Å². The van der Waals surface area contributed by atoms with Crippen molar-refractivity contribution in [2.45, 2.75) is 26.7 Å². The third kappa shape index (κ3) is 8.26. The molecule has 1 aliphatic heterocycles. The van der Waals surface area contributed by atoms with Gasteiger partial charge in [-0.25, -0.2) is 0 Å². The van der Waals surface area contributed by atoms with Gasteiger partial charge in [-0.15, -0.1) is 24.0 Å². The molecule has 0 amide bonds. The van der Waals surface area contributed by atoms with E-state index in [2.05, 4.69) is 29.2 Å². The van der Waals surface area contributed by atoms with Gasteiger partial charge in [0.1, 0.15) is 0 Å². The summed E-state index contributed by atoms with van der Waals surface area (Å²) in [6.45, 7) is 10.2. The van der Waals surface area contributed by atoms with Gasteiger partial charge in [-0.05, 0) is 26.7 Å². The summed E-state index contributed by atoms with van der Waals surface area (Å²) in [5, 5.41) is 3.34. The van der Waals surface area contributed by atoms with Crippen molar-refractivity contribution in [1.29, 1.82) is 0 Å². The molecule has 0 bridgehead atoms. The lowest BCUT2D eigenvalue weighted by atomic mass is 10.1. The second kappa shape index (κ2) is 12.6. The first-order valence-corrected chi connectivity index (χ1v) is 7.42. The normalized spacial score (nSPS) is 18.8. The third-order valence-corrected chi connectivity index (χ3v) is 3.16. The molecule has 1 saturated heterocycles. The Morgan fingerprint density at radius 3 is 2.85 bits per heavy atom. The van der Waals surface area contributed by atoms with E-state index in [1.165, 1.54) is 0 Å². The second-order valence-electron chi connectivity index (χ2n) is 4.90. The Bertz CT molecular complexity index is 259. The number of nitrogens with zero attached hydrogens (tertiary/aromatic N) is 2. The zero-order valence-corrected chi connectivity index (χ0v) is 15.4. The number of rotatable bonds is 8. The largest absolute Gasteiger partial charge is 0.382 e. The Kier molecular flexibility index (Phi) is 12.6. The summed E-state index contributed by atoms with van der Waals surface area (Å²) in [7, 11) is 2.10. The molecule has 20 heavy (non-hydrogen) atoms. The Labute approximate surface area is 140 Å². The summed E-state index contributed by atoms with van der Waals surface area (Å²) < 4.78 is 10.7. The van der Waals surface area contributed by atoms with Crippen molar-refractivity contribution < 1.29 is 9.47 Å². The number of nitrogens with one attached hydrogen (secondary N) is 1. The minimum absolute atomic E-state index is 0. The van der Waals surface area contributed by atoms with Crippen molar-refractivity contribution in [2.75, 3.05) is 53.1 Å². The van der Waals surface area contributed by atoms with Crippen molar-refractivity contribution in [1.82, 2.24) is 10.2 Å². The van der Waals surface area contributed by atoms with Crippen molar-refractivity contribution in [3.63, 3.8) is 0 Å². The summed E-state index contributed by atoms with van der Waals surface area (Å²) in [6.07, 6.45) is 2.14. The van der Waals surface area contributed by atoms with Crippen LogP contribution in [0.15, 0.2) is 4.99 Å². The van der Waals surface area contributed by atoms with E-state index >= 15 is 0 Å². The SMILES string of the molecule is CCNC(=NCCCOCC)N(C)CC1CCOC1.I. The van der Waals surface area contributed by atoms with Crippen LogP contribution in [0.1, 0.15) is 26.7 Å². The lowest BCUT2D eigenvalue weighted by molar-refractivity contribution is 0.146. The third-order valence-electron chi connectivity index (χ3n) is 3.16. The van der Waals surface area contributed by atoms with Crippen LogP contribution >= 0.6 is 24.0 Å². The molecule has 120 valence electrons. The van der Waals surface area contributed by atoms with Gasteiger partial charge >= 0.3 is 0 Å². The standard InChI is InChI=1S/C14H29N3O2.HI/c1-4-15-14(16-8-6-9-18-5-2)17(3)11-13-7-10-19-12-13;/h13H,4-12H2,1-3H3,(H,15,16);1H.